The second kappa shape index (κ2) is 9.25. The number of nitrogens with one attached hydrogen (secondary N) is 2. The Labute approximate surface area is 229 Å². The highest BCUT2D eigenvalue weighted by Gasteiger charge is 2.28. The Balaban J connectivity index is 1.53. The molecule has 0 radical (unpaired) electrons. The van der Waals surface area contributed by atoms with Gasteiger partial charge in [0.05, 0.1) is 28.7 Å². The minimum Gasteiger partial charge on any atom is -0.363 e. The Morgan fingerprint density at radius 3 is 2.42 bits per heavy atom. The molecule has 4 aromatic carbocycles. The van der Waals surface area contributed by atoms with Gasteiger partial charge in [-0.2, -0.15) is 0 Å². The van der Waals surface area contributed by atoms with Gasteiger partial charge in [0, 0.05) is 40.2 Å². The fraction of sp³-hybridized carbons (Fsp3) is 0.242. The Hall–Kier alpha value is -3.70. The maximum atomic E-state index is 4.95. The zero-order chi connectivity index (χ0) is 26.7. The minimum atomic E-state index is 0.220. The molecule has 5 aromatic rings. The van der Waals surface area contributed by atoms with Crippen molar-refractivity contribution >= 4 is 73.9 Å². The summed E-state index contributed by atoms with van der Waals surface area (Å²) in [7, 11) is 2.12. The molecule has 1 aliphatic rings. The molecule has 4 nitrogen and oxygen atoms in total. The van der Waals surface area contributed by atoms with Gasteiger partial charge in [-0.1, -0.05) is 57.7 Å². The summed E-state index contributed by atoms with van der Waals surface area (Å²) < 4.78 is 2.22. The molecule has 192 valence electrons. The van der Waals surface area contributed by atoms with Gasteiger partial charge in [0.2, 0.25) is 0 Å². The molecule has 0 fully saturated rings. The summed E-state index contributed by atoms with van der Waals surface area (Å²) in [6, 6.07) is 17.8. The Bertz CT molecular complexity index is 1790. The standard InChI is InChI=1S/C33H34N4S/c1-7-19(5)34-28-17-22-10-9-20(15-26(22)32(38)23(28)8-2)21-11-12-24-27(16-21)25-13-14-37(6)31(25)30-29(24)35-33(36-30)18(3)4/h8-18,33,35-36,38H,2,7H2,1,3-6H3. The van der Waals surface area contributed by atoms with Crippen LogP contribution in [0.25, 0.3) is 49.7 Å². The maximum Gasteiger partial charge on any atom is 0.0989 e. The number of hydrogen-bond donors (Lipinski definition) is 3. The second-order valence-electron chi connectivity index (χ2n) is 10.7. The van der Waals surface area contributed by atoms with E-state index in [0.29, 0.717) is 5.92 Å². The van der Waals surface area contributed by atoms with Crippen molar-refractivity contribution in [3.05, 3.63) is 66.9 Å². The molecule has 2 N–H and O–H groups in total. The third kappa shape index (κ3) is 3.80. The fourth-order valence-corrected chi connectivity index (χ4v) is 5.98. The molecular weight excluding hydrogens is 484 g/mol. The van der Waals surface area contributed by atoms with Crippen molar-refractivity contribution in [3.63, 3.8) is 0 Å². The lowest BCUT2D eigenvalue weighted by atomic mass is 9.95. The lowest BCUT2D eigenvalue weighted by molar-refractivity contribution is 0.581. The van der Waals surface area contributed by atoms with Crippen molar-refractivity contribution in [2.45, 2.75) is 45.2 Å². The number of aliphatic imine (C=N–C) groups is 1. The van der Waals surface area contributed by atoms with Crippen LogP contribution in [0.15, 0.2) is 71.2 Å². The van der Waals surface area contributed by atoms with Crippen molar-refractivity contribution < 1.29 is 0 Å². The van der Waals surface area contributed by atoms with Gasteiger partial charge < -0.3 is 15.2 Å². The molecule has 5 heteroatoms. The van der Waals surface area contributed by atoms with Crippen LogP contribution in [0.4, 0.5) is 17.1 Å². The number of aryl methyl sites for hydroxylation is 1. The zero-order valence-corrected chi connectivity index (χ0v) is 23.6. The molecule has 2 heterocycles. The summed E-state index contributed by atoms with van der Waals surface area (Å²) in [6.07, 6.45) is 5.16. The van der Waals surface area contributed by atoms with Crippen LogP contribution in [-0.2, 0) is 7.05 Å². The average molecular weight is 519 g/mol. The van der Waals surface area contributed by atoms with Gasteiger partial charge in [0.15, 0.2) is 0 Å². The van der Waals surface area contributed by atoms with E-state index in [2.05, 4.69) is 111 Å². The number of hydrogen-bond acceptors (Lipinski definition) is 4. The fourth-order valence-electron chi connectivity index (χ4n) is 5.58. The van der Waals surface area contributed by atoms with Crippen molar-refractivity contribution in [3.8, 4) is 11.1 Å². The normalized spacial score (nSPS) is 15.3. The van der Waals surface area contributed by atoms with Gasteiger partial charge in [0.25, 0.3) is 0 Å². The predicted molar refractivity (Wildman–Crippen MR) is 170 cm³/mol. The van der Waals surface area contributed by atoms with E-state index in [1.54, 1.807) is 0 Å². The number of anilines is 2. The summed E-state index contributed by atoms with van der Waals surface area (Å²) in [5.74, 6) is 0.470. The van der Waals surface area contributed by atoms with Crippen molar-refractivity contribution in [2.24, 2.45) is 18.0 Å². The van der Waals surface area contributed by atoms with E-state index in [0.717, 1.165) is 39.1 Å². The number of aromatic nitrogens is 1. The number of rotatable bonds is 5. The molecule has 1 atom stereocenters. The first-order valence-corrected chi connectivity index (χ1v) is 13.8. The quantitative estimate of drug-likeness (QED) is 0.160. The van der Waals surface area contributed by atoms with Crippen LogP contribution in [0, 0.1) is 5.92 Å². The summed E-state index contributed by atoms with van der Waals surface area (Å²) in [6.45, 7) is 12.7. The van der Waals surface area contributed by atoms with Crippen LogP contribution in [0.1, 0.15) is 39.7 Å². The first-order valence-electron chi connectivity index (χ1n) is 13.3. The van der Waals surface area contributed by atoms with E-state index >= 15 is 0 Å². The third-order valence-corrected chi connectivity index (χ3v) is 8.38. The van der Waals surface area contributed by atoms with Gasteiger partial charge in [0.1, 0.15) is 0 Å². The Morgan fingerprint density at radius 1 is 1.00 bits per heavy atom. The molecule has 0 saturated carbocycles. The van der Waals surface area contributed by atoms with Crippen LogP contribution in [0.5, 0.6) is 0 Å². The van der Waals surface area contributed by atoms with Gasteiger partial charge in [-0.25, -0.2) is 0 Å². The third-order valence-electron chi connectivity index (χ3n) is 7.90. The largest absolute Gasteiger partial charge is 0.363 e. The van der Waals surface area contributed by atoms with Crippen LogP contribution >= 0.6 is 12.6 Å². The number of fused-ring (bicyclic) bond motifs is 7. The highest BCUT2D eigenvalue weighted by Crippen LogP contribution is 2.46. The first kappa shape index (κ1) is 24.6. The van der Waals surface area contributed by atoms with Crippen LogP contribution < -0.4 is 10.6 Å². The molecular formula is C33H34N4S. The second-order valence-corrected chi connectivity index (χ2v) is 11.2. The maximum absolute atomic E-state index is 4.95. The summed E-state index contributed by atoms with van der Waals surface area (Å²) >= 11 is 4.95. The summed E-state index contributed by atoms with van der Waals surface area (Å²) in [5, 5.41) is 13.5. The van der Waals surface area contributed by atoms with Gasteiger partial charge >= 0.3 is 0 Å². The van der Waals surface area contributed by atoms with Gasteiger partial charge in [-0.15, -0.1) is 12.6 Å². The van der Waals surface area contributed by atoms with E-state index < -0.39 is 0 Å². The van der Waals surface area contributed by atoms with E-state index in [9.17, 15) is 0 Å². The molecule has 0 bridgehead atoms. The highest BCUT2D eigenvalue weighted by molar-refractivity contribution is 7.80. The molecule has 0 aliphatic carbocycles. The zero-order valence-electron chi connectivity index (χ0n) is 22.7. The lowest BCUT2D eigenvalue weighted by Gasteiger charge is -2.16. The smallest absolute Gasteiger partial charge is 0.0989 e. The Morgan fingerprint density at radius 2 is 1.71 bits per heavy atom. The molecule has 0 amide bonds. The SMILES string of the molecule is C=Cc1c(N=C(C)CC)cc2ccc(-c3ccc4c5c(c6c(ccn6C)c4c3)NC(C(C)C)N5)cc2c1S. The van der Waals surface area contributed by atoms with Crippen molar-refractivity contribution in [2.75, 3.05) is 10.6 Å². The highest BCUT2D eigenvalue weighted by atomic mass is 32.1. The summed E-state index contributed by atoms with van der Waals surface area (Å²) in [4.78, 5) is 5.75. The molecule has 1 aliphatic heterocycles. The number of nitrogens with zero attached hydrogens (tertiary/aromatic N) is 2. The van der Waals surface area contributed by atoms with Crippen LogP contribution in [0.3, 0.4) is 0 Å². The molecule has 1 unspecified atom stereocenters. The lowest BCUT2D eigenvalue weighted by Crippen LogP contribution is -2.28. The molecule has 6 rings (SSSR count). The average Bonchev–Trinajstić information content (AvgIpc) is 3.53. The molecule has 1 aromatic heterocycles. The van der Waals surface area contributed by atoms with Gasteiger partial charge in [-0.05, 0) is 70.8 Å². The van der Waals surface area contributed by atoms with Crippen LogP contribution in [0.2, 0.25) is 0 Å². The number of thiol groups is 1. The topological polar surface area (TPSA) is 41.4 Å². The van der Waals surface area contributed by atoms with E-state index in [1.807, 2.05) is 6.08 Å². The van der Waals surface area contributed by atoms with E-state index in [-0.39, 0.29) is 6.17 Å². The molecule has 0 saturated heterocycles. The van der Waals surface area contributed by atoms with E-state index in [4.69, 9.17) is 17.6 Å². The Kier molecular flexibility index (Phi) is 5.99. The molecule has 38 heavy (non-hydrogen) atoms. The minimum absolute atomic E-state index is 0.220. The number of benzene rings is 4. The van der Waals surface area contributed by atoms with E-state index in [1.165, 1.54) is 44.2 Å². The van der Waals surface area contributed by atoms with Gasteiger partial charge in [-0.3, -0.25) is 4.99 Å². The first-order chi connectivity index (χ1) is 18.3. The van der Waals surface area contributed by atoms with Crippen molar-refractivity contribution in [1.29, 1.82) is 0 Å². The van der Waals surface area contributed by atoms with Crippen LogP contribution in [-0.4, -0.2) is 16.4 Å². The predicted octanol–water partition coefficient (Wildman–Crippen LogP) is 9.41. The monoisotopic (exact) mass is 518 g/mol. The van der Waals surface area contributed by atoms with Crippen molar-refractivity contribution in [1.82, 2.24) is 4.57 Å². The molecule has 0 spiro atoms. The summed E-state index contributed by atoms with van der Waals surface area (Å²) in [5.41, 5.74) is 8.99.